The normalized spacial score (nSPS) is 12.1. The van der Waals surface area contributed by atoms with Gasteiger partial charge in [-0.1, -0.05) is 178 Å². The van der Waals surface area contributed by atoms with Gasteiger partial charge in [-0.05, 0) is 71.1 Å². The lowest BCUT2D eigenvalue weighted by molar-refractivity contribution is 0.590. The molecule has 0 N–H and O–H groups in total. The van der Waals surface area contributed by atoms with Crippen molar-refractivity contribution in [2.75, 3.05) is 0 Å². The van der Waals surface area contributed by atoms with Gasteiger partial charge in [0.25, 0.3) is 0 Å². The molecule has 72 heavy (non-hydrogen) atoms. The molecular weight excluding hydrogens is 877 g/mol. The van der Waals surface area contributed by atoms with E-state index >= 15 is 0 Å². The number of nitriles is 2. The predicted octanol–water partition coefficient (Wildman–Crippen LogP) is 16.8. The standard InChI is InChI=1S/C66H44N6/c1-66(2,3)42-35-33-41(34-36-42)60-64(70-53-27-13-7-21-44(53)45-22-8-14-28-54(45)70)51(39-67)62(52(40-68)65(60)71-55-29-15-9-23-46(55)47-24-10-16-30-56(47)71)72-57-31-17-11-25-48(57)49-37-38-59-61(63(49)72)50-26-12-18-32-58(50)69(59)43-19-5-4-6-20-43/h4-38H,1-3H3. The van der Waals surface area contributed by atoms with Crippen LogP contribution in [0.3, 0.4) is 0 Å². The predicted molar refractivity (Wildman–Crippen MR) is 297 cm³/mol. The first kappa shape index (κ1) is 41.4. The third-order valence-corrected chi connectivity index (χ3v) is 15.0. The molecule has 0 bridgehead atoms. The van der Waals surface area contributed by atoms with E-state index in [0.717, 1.165) is 104 Å². The Morgan fingerprint density at radius 3 is 1.17 bits per heavy atom. The molecule has 10 aromatic carbocycles. The van der Waals surface area contributed by atoms with Crippen LogP contribution in [-0.2, 0) is 5.41 Å². The van der Waals surface area contributed by atoms with Crippen LogP contribution in [0.4, 0.5) is 0 Å². The Labute approximate surface area is 415 Å². The molecule has 0 aliphatic carbocycles. The molecule has 14 aromatic rings. The van der Waals surface area contributed by atoms with E-state index in [1.54, 1.807) is 0 Å². The summed E-state index contributed by atoms with van der Waals surface area (Å²) in [5.41, 5.74) is 14.3. The second kappa shape index (κ2) is 15.4. The maximum atomic E-state index is 12.4. The number of aromatic nitrogens is 4. The van der Waals surface area contributed by atoms with Gasteiger partial charge in [-0.3, -0.25) is 0 Å². The van der Waals surface area contributed by atoms with Gasteiger partial charge in [0.1, 0.15) is 23.3 Å². The molecule has 0 radical (unpaired) electrons. The fourth-order valence-corrected chi connectivity index (χ4v) is 11.9. The Kier molecular flexibility index (Phi) is 8.87. The van der Waals surface area contributed by atoms with E-state index in [2.05, 4.69) is 257 Å². The number of fused-ring (bicyclic) bond motifs is 13. The van der Waals surface area contributed by atoms with Crippen LogP contribution < -0.4 is 0 Å². The SMILES string of the molecule is CC(C)(C)c1ccc(-c2c(-n3c4ccccc4c4ccccc43)c(C#N)c(-n3c4ccccc4c4ccc5c(c6ccccc6n5-c5ccccc5)c43)c(C#N)c2-n2c3ccccc3c3ccccc32)cc1. The summed E-state index contributed by atoms with van der Waals surface area (Å²) in [6, 6.07) is 80.5. The first-order valence-electron chi connectivity index (χ1n) is 24.5. The average Bonchev–Trinajstić information content (AvgIpc) is 4.15. The largest absolute Gasteiger partial charge is 0.309 e. The van der Waals surface area contributed by atoms with Gasteiger partial charge in [0.15, 0.2) is 0 Å². The lowest BCUT2D eigenvalue weighted by atomic mass is 9.85. The smallest absolute Gasteiger partial charge is 0.104 e. The fourth-order valence-electron chi connectivity index (χ4n) is 11.9. The fraction of sp³-hybridized carbons (Fsp3) is 0.0606. The van der Waals surface area contributed by atoms with E-state index in [-0.39, 0.29) is 5.41 Å². The van der Waals surface area contributed by atoms with Gasteiger partial charge in [-0.2, -0.15) is 10.5 Å². The Morgan fingerprint density at radius 1 is 0.333 bits per heavy atom. The Balaban J connectivity index is 1.29. The van der Waals surface area contributed by atoms with E-state index in [0.29, 0.717) is 28.2 Å². The van der Waals surface area contributed by atoms with E-state index in [1.807, 2.05) is 6.07 Å². The molecule has 0 aliphatic heterocycles. The third-order valence-electron chi connectivity index (χ3n) is 15.0. The monoisotopic (exact) mass is 920 g/mol. The molecule has 0 saturated heterocycles. The molecule has 6 nitrogen and oxygen atoms in total. The van der Waals surface area contributed by atoms with Crippen LogP contribution in [0.25, 0.3) is 121 Å². The summed E-state index contributed by atoms with van der Waals surface area (Å²) >= 11 is 0. The van der Waals surface area contributed by atoms with Crippen molar-refractivity contribution in [2.45, 2.75) is 26.2 Å². The summed E-state index contributed by atoms with van der Waals surface area (Å²) < 4.78 is 9.18. The zero-order valence-electron chi connectivity index (χ0n) is 39.9. The van der Waals surface area contributed by atoms with Crippen molar-refractivity contribution in [3.8, 4) is 46.0 Å². The molecule has 0 unspecified atom stereocenters. The molecule has 0 atom stereocenters. The maximum absolute atomic E-state index is 12.4. The minimum Gasteiger partial charge on any atom is -0.309 e. The van der Waals surface area contributed by atoms with Crippen LogP contribution >= 0.6 is 0 Å². The van der Waals surface area contributed by atoms with E-state index in [4.69, 9.17) is 0 Å². The molecule has 0 spiro atoms. The molecule has 0 amide bonds. The molecule has 4 heterocycles. The van der Waals surface area contributed by atoms with Gasteiger partial charge < -0.3 is 18.3 Å². The van der Waals surface area contributed by atoms with Crippen LogP contribution in [0.1, 0.15) is 37.5 Å². The number of hydrogen-bond acceptors (Lipinski definition) is 2. The minimum absolute atomic E-state index is 0.116. The van der Waals surface area contributed by atoms with Crippen molar-refractivity contribution in [3.05, 3.63) is 229 Å². The minimum atomic E-state index is -0.116. The van der Waals surface area contributed by atoms with Crippen LogP contribution in [0.2, 0.25) is 0 Å². The average molecular weight is 921 g/mol. The highest BCUT2D eigenvalue weighted by molar-refractivity contribution is 6.26. The van der Waals surface area contributed by atoms with Crippen molar-refractivity contribution in [2.24, 2.45) is 0 Å². The molecule has 6 heteroatoms. The molecule has 0 saturated carbocycles. The molecule has 338 valence electrons. The second-order valence-electron chi connectivity index (χ2n) is 19.9. The van der Waals surface area contributed by atoms with Gasteiger partial charge in [0.05, 0.1) is 61.2 Å². The summed E-state index contributed by atoms with van der Waals surface area (Å²) in [7, 11) is 0. The number of benzene rings is 10. The van der Waals surface area contributed by atoms with E-state index < -0.39 is 0 Å². The number of rotatable bonds is 5. The molecular formula is C66H44N6. The van der Waals surface area contributed by atoms with Gasteiger partial charge in [-0.15, -0.1) is 0 Å². The molecule has 0 fully saturated rings. The first-order chi connectivity index (χ1) is 35.4. The second-order valence-corrected chi connectivity index (χ2v) is 19.9. The van der Waals surface area contributed by atoms with Crippen molar-refractivity contribution in [1.29, 1.82) is 10.5 Å². The Hall–Kier alpha value is -9.62. The highest BCUT2D eigenvalue weighted by Gasteiger charge is 2.34. The van der Waals surface area contributed by atoms with Gasteiger partial charge in [0, 0.05) is 54.3 Å². The highest BCUT2D eigenvalue weighted by Crippen LogP contribution is 2.50. The summed E-state index contributed by atoms with van der Waals surface area (Å²) in [6.07, 6.45) is 0. The Morgan fingerprint density at radius 2 is 0.722 bits per heavy atom. The van der Waals surface area contributed by atoms with Crippen molar-refractivity contribution in [3.63, 3.8) is 0 Å². The number of hydrogen-bond donors (Lipinski definition) is 0. The van der Waals surface area contributed by atoms with E-state index in [9.17, 15) is 10.5 Å². The van der Waals surface area contributed by atoms with Gasteiger partial charge in [-0.25, -0.2) is 0 Å². The number of para-hydroxylation sites is 7. The van der Waals surface area contributed by atoms with Gasteiger partial charge >= 0.3 is 0 Å². The molecule has 4 aromatic heterocycles. The first-order valence-corrected chi connectivity index (χ1v) is 24.5. The lowest BCUT2D eigenvalue weighted by Crippen LogP contribution is -2.14. The Bertz CT molecular complexity index is 4410. The summed E-state index contributed by atoms with van der Waals surface area (Å²) in [6.45, 7) is 6.68. The van der Waals surface area contributed by atoms with Crippen LogP contribution in [0.15, 0.2) is 212 Å². The summed E-state index contributed by atoms with van der Waals surface area (Å²) in [5, 5.41) is 33.3. The topological polar surface area (TPSA) is 67.3 Å². The quantitative estimate of drug-likeness (QED) is 0.173. The lowest BCUT2D eigenvalue weighted by Gasteiger charge is -2.27. The van der Waals surface area contributed by atoms with Crippen LogP contribution in [-0.4, -0.2) is 18.3 Å². The van der Waals surface area contributed by atoms with Crippen LogP contribution in [0, 0.1) is 22.7 Å². The highest BCUT2D eigenvalue weighted by atomic mass is 15.1. The van der Waals surface area contributed by atoms with E-state index in [1.165, 1.54) is 5.56 Å². The van der Waals surface area contributed by atoms with Crippen molar-refractivity contribution >= 4 is 87.2 Å². The molecule has 14 rings (SSSR count). The maximum Gasteiger partial charge on any atom is 0.104 e. The summed E-state index contributed by atoms with van der Waals surface area (Å²) in [4.78, 5) is 0. The zero-order chi connectivity index (χ0) is 48.4. The zero-order valence-corrected chi connectivity index (χ0v) is 39.9. The molecule has 0 aliphatic rings. The van der Waals surface area contributed by atoms with Crippen molar-refractivity contribution in [1.82, 2.24) is 18.3 Å². The summed E-state index contributed by atoms with van der Waals surface area (Å²) in [5.74, 6) is 0. The van der Waals surface area contributed by atoms with Gasteiger partial charge in [0.2, 0.25) is 0 Å². The van der Waals surface area contributed by atoms with Crippen molar-refractivity contribution < 1.29 is 0 Å². The number of nitrogens with zero attached hydrogens (tertiary/aromatic N) is 6. The van der Waals surface area contributed by atoms with Crippen LogP contribution in [0.5, 0.6) is 0 Å². The third kappa shape index (κ3) is 5.69.